The average Bonchev–Trinajstić information content (AvgIpc) is 3.31. The number of aliphatic hydroxyl groups excluding tert-OH is 1. The molecule has 1 aromatic carbocycles. The van der Waals surface area contributed by atoms with Crippen LogP contribution >= 0.6 is 0 Å². The third-order valence-electron chi connectivity index (χ3n) is 6.00. The number of ketones is 1. The molecule has 0 radical (unpaired) electrons. The number of nitrogens with zero attached hydrogens (tertiary/aromatic N) is 4. The van der Waals surface area contributed by atoms with E-state index in [0.717, 1.165) is 38.0 Å². The van der Waals surface area contributed by atoms with Crippen molar-refractivity contribution in [2.45, 2.75) is 25.7 Å². The fourth-order valence-electron chi connectivity index (χ4n) is 4.17. The summed E-state index contributed by atoms with van der Waals surface area (Å²) in [6.07, 6.45) is 8.06. The lowest BCUT2D eigenvalue weighted by molar-refractivity contribution is 0.0993. The van der Waals surface area contributed by atoms with Gasteiger partial charge in [-0.15, -0.1) is 0 Å². The number of nitriles is 1. The van der Waals surface area contributed by atoms with Gasteiger partial charge in [-0.25, -0.2) is 9.37 Å². The number of hydrogen-bond donors (Lipinski definition) is 1. The maximum Gasteiger partial charge on any atom is 0.168 e. The van der Waals surface area contributed by atoms with E-state index in [1.807, 2.05) is 0 Å². The molecule has 3 heterocycles. The van der Waals surface area contributed by atoms with E-state index >= 15 is 0 Å². The van der Waals surface area contributed by atoms with E-state index in [4.69, 9.17) is 5.11 Å². The zero-order chi connectivity index (χ0) is 22.5. The topological polar surface area (TPSA) is 82.2 Å². The number of aliphatic hydroxyl groups is 1. The Kier molecular flexibility index (Phi) is 6.62. The van der Waals surface area contributed by atoms with Gasteiger partial charge in [0.1, 0.15) is 17.7 Å². The maximum absolute atomic E-state index is 13.1. The van der Waals surface area contributed by atoms with Crippen LogP contribution < -0.4 is 4.90 Å². The Balaban J connectivity index is 1.44. The van der Waals surface area contributed by atoms with E-state index in [9.17, 15) is 14.4 Å². The molecule has 2 aromatic heterocycles. The third kappa shape index (κ3) is 4.87. The second kappa shape index (κ2) is 9.75. The Labute approximate surface area is 186 Å². The summed E-state index contributed by atoms with van der Waals surface area (Å²) >= 11 is 0. The summed E-state index contributed by atoms with van der Waals surface area (Å²) in [7, 11) is 0. The second-order valence-corrected chi connectivity index (χ2v) is 8.15. The molecule has 32 heavy (non-hydrogen) atoms. The van der Waals surface area contributed by atoms with Gasteiger partial charge in [-0.05, 0) is 67.1 Å². The second-order valence-electron chi connectivity index (χ2n) is 8.15. The molecule has 1 aliphatic heterocycles. The van der Waals surface area contributed by atoms with Crippen LogP contribution in [0.4, 0.5) is 10.2 Å². The molecule has 0 saturated carbocycles. The number of carbonyl (C=O) groups is 1. The third-order valence-corrected chi connectivity index (χ3v) is 6.00. The Hall–Kier alpha value is -3.50. The molecule has 1 saturated heterocycles. The summed E-state index contributed by atoms with van der Waals surface area (Å²) < 4.78 is 14.9. The van der Waals surface area contributed by atoms with E-state index in [0.29, 0.717) is 28.4 Å². The Bertz CT molecular complexity index is 1130. The van der Waals surface area contributed by atoms with Gasteiger partial charge in [0.2, 0.25) is 0 Å². The number of aromatic nitrogens is 2. The number of hydrogen-bond acceptors (Lipinski definition) is 5. The number of carbonyl (C=O) groups excluding carboxylic acids is 1. The lowest BCUT2D eigenvalue weighted by atomic mass is 9.93. The normalized spacial score (nSPS) is 14.3. The molecule has 1 N–H and O–H groups in total. The van der Waals surface area contributed by atoms with E-state index in [2.05, 4.69) is 16.0 Å². The van der Waals surface area contributed by atoms with Crippen LogP contribution in [0.3, 0.4) is 0 Å². The summed E-state index contributed by atoms with van der Waals surface area (Å²) in [5, 5.41) is 18.8. The van der Waals surface area contributed by atoms with Crippen molar-refractivity contribution in [2.75, 3.05) is 24.6 Å². The van der Waals surface area contributed by atoms with Gasteiger partial charge in [0, 0.05) is 56.0 Å². The highest BCUT2D eigenvalue weighted by atomic mass is 19.1. The predicted octanol–water partition coefficient (Wildman–Crippen LogP) is 3.91. The highest BCUT2D eigenvalue weighted by Crippen LogP contribution is 2.26. The Morgan fingerprint density at radius 2 is 1.97 bits per heavy atom. The monoisotopic (exact) mass is 432 g/mol. The molecular weight excluding hydrogens is 407 g/mol. The van der Waals surface area contributed by atoms with Gasteiger partial charge in [-0.2, -0.15) is 5.26 Å². The van der Waals surface area contributed by atoms with Crippen molar-refractivity contribution in [3.63, 3.8) is 0 Å². The van der Waals surface area contributed by atoms with E-state index in [1.165, 1.54) is 12.1 Å². The smallest absolute Gasteiger partial charge is 0.168 e. The van der Waals surface area contributed by atoms with E-state index in [-0.39, 0.29) is 24.6 Å². The molecule has 3 aromatic rings. The first-order chi connectivity index (χ1) is 15.6. The number of Topliss-reactive ketones (excluding diaryl/α,β-unsaturated/α-hetero) is 1. The molecule has 0 unspecified atom stereocenters. The van der Waals surface area contributed by atoms with Crippen LogP contribution in [0, 0.1) is 23.1 Å². The molecule has 7 heteroatoms. The molecule has 1 aliphatic rings. The fourth-order valence-corrected chi connectivity index (χ4v) is 4.17. The van der Waals surface area contributed by atoms with Crippen LogP contribution in [0.25, 0.3) is 5.69 Å². The van der Waals surface area contributed by atoms with Crippen LogP contribution in [-0.4, -0.2) is 40.1 Å². The van der Waals surface area contributed by atoms with Gasteiger partial charge in [-0.3, -0.25) is 4.79 Å². The summed E-state index contributed by atoms with van der Waals surface area (Å²) in [6, 6.07) is 11.8. The first-order valence-corrected chi connectivity index (χ1v) is 10.8. The summed E-state index contributed by atoms with van der Waals surface area (Å²) in [5.41, 5.74) is 2.48. The van der Waals surface area contributed by atoms with Gasteiger partial charge in [0.05, 0.1) is 5.56 Å². The molecule has 0 atom stereocenters. The van der Waals surface area contributed by atoms with Crippen molar-refractivity contribution in [1.82, 2.24) is 9.55 Å². The maximum atomic E-state index is 13.1. The number of pyridine rings is 1. The first-order valence-electron chi connectivity index (χ1n) is 10.8. The number of anilines is 1. The summed E-state index contributed by atoms with van der Waals surface area (Å²) in [4.78, 5) is 19.4. The first kappa shape index (κ1) is 21.7. The molecule has 4 rings (SSSR count). The predicted molar refractivity (Wildman–Crippen MR) is 119 cm³/mol. The van der Waals surface area contributed by atoms with Crippen molar-refractivity contribution in [2.24, 2.45) is 5.92 Å². The molecule has 0 bridgehead atoms. The largest absolute Gasteiger partial charge is 0.396 e. The lowest BCUT2D eigenvalue weighted by Crippen LogP contribution is -2.35. The highest BCUT2D eigenvalue weighted by molar-refractivity contribution is 5.97. The summed E-state index contributed by atoms with van der Waals surface area (Å²) in [6.45, 7) is 1.82. The summed E-state index contributed by atoms with van der Waals surface area (Å²) in [5.74, 6) is 0.791. The van der Waals surface area contributed by atoms with Gasteiger partial charge in [-0.1, -0.05) is 0 Å². The van der Waals surface area contributed by atoms with Crippen LogP contribution in [0.1, 0.15) is 40.7 Å². The number of halogens is 1. The van der Waals surface area contributed by atoms with Crippen LogP contribution in [0.5, 0.6) is 0 Å². The van der Waals surface area contributed by atoms with Crippen molar-refractivity contribution in [1.29, 1.82) is 5.26 Å². The number of rotatable bonds is 7. The molecule has 6 nitrogen and oxygen atoms in total. The van der Waals surface area contributed by atoms with Crippen LogP contribution in [-0.2, 0) is 6.42 Å². The van der Waals surface area contributed by atoms with E-state index < -0.39 is 0 Å². The Morgan fingerprint density at radius 1 is 1.22 bits per heavy atom. The van der Waals surface area contributed by atoms with Gasteiger partial charge in [0.15, 0.2) is 5.78 Å². The zero-order valence-electron chi connectivity index (χ0n) is 17.7. The fraction of sp³-hybridized carbons (Fsp3) is 0.320. The minimum Gasteiger partial charge on any atom is -0.396 e. The molecule has 0 spiro atoms. The zero-order valence-corrected chi connectivity index (χ0v) is 17.7. The standard InChI is InChI=1S/C25H25FN4O2/c26-22-1-3-23(4-2-22)30-11-7-20(17-30)24(32)14-19-13-21(15-27)25(28-16-19)29-9-5-18(6-10-29)8-12-31/h1-4,7,11,13,16-18,31H,5-6,8-10,12,14H2. The van der Waals surface area contributed by atoms with Crippen LogP contribution in [0.15, 0.2) is 55.0 Å². The SMILES string of the molecule is N#Cc1cc(CC(=O)c2ccn(-c3ccc(F)cc3)c2)cnc1N1CCC(CCO)CC1. The minimum atomic E-state index is -0.309. The molecular formula is C25H25FN4O2. The quantitative estimate of drug-likeness (QED) is 0.573. The van der Waals surface area contributed by atoms with Crippen molar-refractivity contribution < 1.29 is 14.3 Å². The van der Waals surface area contributed by atoms with Gasteiger partial charge in [0.25, 0.3) is 0 Å². The molecule has 0 amide bonds. The number of benzene rings is 1. The number of piperidine rings is 1. The van der Waals surface area contributed by atoms with Gasteiger partial charge >= 0.3 is 0 Å². The van der Waals surface area contributed by atoms with Crippen molar-refractivity contribution in [3.8, 4) is 11.8 Å². The lowest BCUT2D eigenvalue weighted by Gasteiger charge is -2.33. The van der Waals surface area contributed by atoms with Crippen molar-refractivity contribution >= 4 is 11.6 Å². The molecule has 0 aliphatic carbocycles. The van der Waals surface area contributed by atoms with Crippen LogP contribution in [0.2, 0.25) is 0 Å². The average molecular weight is 432 g/mol. The molecule has 164 valence electrons. The van der Waals surface area contributed by atoms with Crippen molar-refractivity contribution in [3.05, 3.63) is 77.5 Å². The van der Waals surface area contributed by atoms with Gasteiger partial charge < -0.3 is 14.6 Å². The minimum absolute atomic E-state index is 0.0749. The Morgan fingerprint density at radius 3 is 2.66 bits per heavy atom. The molecule has 1 fully saturated rings. The van der Waals surface area contributed by atoms with E-state index in [1.54, 1.807) is 47.4 Å². The highest BCUT2D eigenvalue weighted by Gasteiger charge is 2.22.